The predicted molar refractivity (Wildman–Crippen MR) is 100 cm³/mol. The van der Waals surface area contributed by atoms with Gasteiger partial charge >= 0.3 is 0 Å². The molecule has 1 heterocycles. The largest absolute Gasteiger partial charge is 0.382 e. The van der Waals surface area contributed by atoms with Crippen LogP contribution in [0.2, 0.25) is 0 Å². The smallest absolute Gasteiger partial charge is 0.215 e. The van der Waals surface area contributed by atoms with Crippen LogP contribution in [-0.2, 0) is 11.3 Å². The lowest BCUT2D eigenvalue weighted by Crippen LogP contribution is -2.24. The lowest BCUT2D eigenvalue weighted by Gasteiger charge is -2.21. The molecule has 2 aromatic rings. The Morgan fingerprint density at radius 1 is 1.29 bits per heavy atom. The summed E-state index contributed by atoms with van der Waals surface area (Å²) in [5.74, 6) is 1.74. The van der Waals surface area contributed by atoms with Crippen LogP contribution in [0, 0.1) is 6.92 Å². The molecule has 0 aliphatic heterocycles. The summed E-state index contributed by atoms with van der Waals surface area (Å²) in [5, 5.41) is 3.58. The van der Waals surface area contributed by atoms with Crippen molar-refractivity contribution in [1.29, 1.82) is 0 Å². The number of anilines is 3. The Hall–Kier alpha value is -2.28. The summed E-state index contributed by atoms with van der Waals surface area (Å²) in [6.45, 7) is 4.55. The molecule has 0 saturated heterocycles. The number of nitrogen functional groups attached to an aromatic ring is 1. The van der Waals surface area contributed by atoms with E-state index >= 15 is 0 Å². The highest BCUT2D eigenvalue weighted by Crippen LogP contribution is 2.31. The molecular weight excluding hydrogens is 322 g/mol. The molecule has 3 N–H and O–H groups in total. The Morgan fingerprint density at radius 2 is 2.00 bits per heavy atom. The average Bonchev–Trinajstić information content (AvgIpc) is 2.59. The number of carbonyl (C=O) groups is 1. The minimum atomic E-state index is 0.344. The summed E-state index contributed by atoms with van der Waals surface area (Å²) < 4.78 is 0. The number of nitrogens with one attached hydrogen (secondary N) is 1. The van der Waals surface area contributed by atoms with Gasteiger partial charge in [-0.2, -0.15) is 0 Å². The van der Waals surface area contributed by atoms with Crippen molar-refractivity contribution in [2.45, 2.75) is 32.0 Å². The summed E-state index contributed by atoms with van der Waals surface area (Å²) in [4.78, 5) is 22.1. The van der Waals surface area contributed by atoms with E-state index in [1.165, 1.54) is 17.3 Å². The van der Waals surface area contributed by atoms with Crippen molar-refractivity contribution in [3.05, 3.63) is 35.4 Å². The van der Waals surface area contributed by atoms with Gasteiger partial charge in [0, 0.05) is 12.8 Å². The van der Waals surface area contributed by atoms with Crippen LogP contribution in [0.1, 0.15) is 24.5 Å². The van der Waals surface area contributed by atoms with Crippen LogP contribution in [0.25, 0.3) is 0 Å². The van der Waals surface area contributed by atoms with E-state index in [9.17, 15) is 4.79 Å². The zero-order valence-electron chi connectivity index (χ0n) is 14.2. The first-order valence-corrected chi connectivity index (χ1v) is 8.83. The SMILES string of the molecule is CCCSc1nc(N)c(NC)c(N(C=O)Cc2ccc(C)cc2)n1. The molecule has 0 unspecified atom stereocenters. The van der Waals surface area contributed by atoms with E-state index < -0.39 is 0 Å². The van der Waals surface area contributed by atoms with Crippen LogP contribution < -0.4 is 16.0 Å². The van der Waals surface area contributed by atoms with Gasteiger partial charge in [0.2, 0.25) is 6.41 Å². The standard InChI is InChI=1S/C17H23N5OS/c1-4-9-24-17-20-15(18)14(19-3)16(21-17)22(11-23)10-13-7-5-12(2)6-8-13/h5-8,11,19H,4,9-10H2,1-3H3,(H2,18,20,21). The number of thioether (sulfide) groups is 1. The predicted octanol–water partition coefficient (Wildman–Crippen LogP) is 3.07. The van der Waals surface area contributed by atoms with Gasteiger partial charge in [-0.25, -0.2) is 9.97 Å². The number of hydrogen-bond donors (Lipinski definition) is 2. The van der Waals surface area contributed by atoms with Gasteiger partial charge in [-0.1, -0.05) is 48.5 Å². The number of carbonyl (C=O) groups excluding carboxylic acids is 1. The van der Waals surface area contributed by atoms with Crippen molar-refractivity contribution < 1.29 is 4.79 Å². The van der Waals surface area contributed by atoms with Crippen molar-refractivity contribution in [2.75, 3.05) is 28.8 Å². The van der Waals surface area contributed by atoms with Crippen LogP contribution in [-0.4, -0.2) is 29.2 Å². The van der Waals surface area contributed by atoms with Gasteiger partial charge < -0.3 is 11.1 Å². The van der Waals surface area contributed by atoms with Crippen molar-refractivity contribution in [2.24, 2.45) is 0 Å². The first-order chi connectivity index (χ1) is 11.6. The summed E-state index contributed by atoms with van der Waals surface area (Å²) >= 11 is 1.53. The third-order valence-electron chi connectivity index (χ3n) is 3.46. The molecule has 1 amide bonds. The van der Waals surface area contributed by atoms with E-state index in [0.29, 0.717) is 29.0 Å². The number of amides is 1. The van der Waals surface area contributed by atoms with Crippen molar-refractivity contribution in [1.82, 2.24) is 9.97 Å². The number of aryl methyl sites for hydroxylation is 1. The van der Waals surface area contributed by atoms with Gasteiger partial charge in [-0.05, 0) is 18.9 Å². The zero-order chi connectivity index (χ0) is 17.5. The van der Waals surface area contributed by atoms with Crippen molar-refractivity contribution >= 4 is 35.5 Å². The molecule has 1 aromatic carbocycles. The van der Waals surface area contributed by atoms with E-state index in [2.05, 4.69) is 22.2 Å². The van der Waals surface area contributed by atoms with Crippen LogP contribution in [0.15, 0.2) is 29.4 Å². The van der Waals surface area contributed by atoms with Crippen LogP contribution in [0.4, 0.5) is 17.3 Å². The minimum Gasteiger partial charge on any atom is -0.382 e. The van der Waals surface area contributed by atoms with Crippen molar-refractivity contribution in [3.63, 3.8) is 0 Å². The minimum absolute atomic E-state index is 0.344. The third kappa shape index (κ3) is 4.38. The molecule has 0 aliphatic carbocycles. The van der Waals surface area contributed by atoms with Crippen LogP contribution in [0.5, 0.6) is 0 Å². The summed E-state index contributed by atoms with van der Waals surface area (Å²) in [5.41, 5.74) is 8.81. The number of hydrogen-bond acceptors (Lipinski definition) is 6. The average molecular weight is 345 g/mol. The Labute approximate surface area is 146 Å². The lowest BCUT2D eigenvalue weighted by atomic mass is 10.1. The van der Waals surface area contributed by atoms with E-state index in [4.69, 9.17) is 5.73 Å². The molecule has 6 nitrogen and oxygen atoms in total. The summed E-state index contributed by atoms with van der Waals surface area (Å²) in [6.07, 6.45) is 1.79. The fourth-order valence-electron chi connectivity index (χ4n) is 2.20. The molecule has 7 heteroatoms. The second kappa shape index (κ2) is 8.54. The maximum absolute atomic E-state index is 11.7. The van der Waals surface area contributed by atoms with Crippen molar-refractivity contribution in [3.8, 4) is 0 Å². The third-order valence-corrected chi connectivity index (χ3v) is 4.51. The number of nitrogens with zero attached hydrogens (tertiary/aromatic N) is 3. The molecule has 0 atom stereocenters. The molecule has 1 aromatic heterocycles. The number of benzene rings is 1. The van der Waals surface area contributed by atoms with Gasteiger partial charge in [-0.3, -0.25) is 9.69 Å². The fraction of sp³-hybridized carbons (Fsp3) is 0.353. The van der Waals surface area contributed by atoms with Gasteiger partial charge in [0.15, 0.2) is 16.8 Å². The summed E-state index contributed by atoms with van der Waals surface area (Å²) in [7, 11) is 1.74. The van der Waals surface area contributed by atoms with Crippen LogP contribution >= 0.6 is 11.8 Å². The van der Waals surface area contributed by atoms with E-state index in [1.54, 1.807) is 11.9 Å². The molecule has 2 rings (SSSR count). The Balaban J connectivity index is 2.35. The Kier molecular flexibility index (Phi) is 6.43. The molecule has 0 radical (unpaired) electrons. The molecule has 0 aliphatic rings. The van der Waals surface area contributed by atoms with E-state index in [-0.39, 0.29) is 0 Å². The molecule has 0 fully saturated rings. The van der Waals surface area contributed by atoms with Gasteiger partial charge in [-0.15, -0.1) is 0 Å². The number of nitrogens with two attached hydrogens (primary N) is 1. The van der Waals surface area contributed by atoms with Gasteiger partial charge in [0.25, 0.3) is 0 Å². The van der Waals surface area contributed by atoms with Gasteiger partial charge in [0.1, 0.15) is 5.69 Å². The van der Waals surface area contributed by atoms with Crippen LogP contribution in [0.3, 0.4) is 0 Å². The monoisotopic (exact) mass is 345 g/mol. The van der Waals surface area contributed by atoms with E-state index in [1.807, 2.05) is 31.2 Å². The molecular formula is C17H23N5OS. The maximum Gasteiger partial charge on any atom is 0.215 e. The highest BCUT2D eigenvalue weighted by Gasteiger charge is 2.18. The van der Waals surface area contributed by atoms with Gasteiger partial charge in [0.05, 0.1) is 6.54 Å². The summed E-state index contributed by atoms with van der Waals surface area (Å²) in [6, 6.07) is 8.05. The topological polar surface area (TPSA) is 84.1 Å². The second-order valence-corrected chi connectivity index (χ2v) is 6.47. The first kappa shape index (κ1) is 18.1. The molecule has 24 heavy (non-hydrogen) atoms. The maximum atomic E-state index is 11.7. The molecule has 0 spiro atoms. The highest BCUT2D eigenvalue weighted by atomic mass is 32.2. The number of rotatable bonds is 8. The lowest BCUT2D eigenvalue weighted by molar-refractivity contribution is -0.107. The number of aromatic nitrogens is 2. The fourth-order valence-corrected chi connectivity index (χ4v) is 2.90. The normalized spacial score (nSPS) is 10.5. The molecule has 128 valence electrons. The second-order valence-electron chi connectivity index (χ2n) is 5.41. The Bertz CT molecular complexity index is 690. The van der Waals surface area contributed by atoms with E-state index in [0.717, 1.165) is 24.1 Å². The molecule has 0 saturated carbocycles. The first-order valence-electron chi connectivity index (χ1n) is 7.84. The zero-order valence-corrected chi connectivity index (χ0v) is 15.1. The quantitative estimate of drug-likeness (QED) is 0.434. The Morgan fingerprint density at radius 3 is 2.58 bits per heavy atom. The highest BCUT2D eigenvalue weighted by molar-refractivity contribution is 7.99. The molecule has 0 bridgehead atoms.